The molecular weight excluding hydrogens is 427 g/mol. The van der Waals surface area contributed by atoms with Crippen LogP contribution in [0, 0.1) is 0 Å². The number of halogens is 2. The topological polar surface area (TPSA) is 69.7 Å². The molecular formula is C23H14Cl2O5. The van der Waals surface area contributed by atoms with E-state index >= 15 is 0 Å². The summed E-state index contributed by atoms with van der Waals surface area (Å²) >= 11 is 11.9. The van der Waals surface area contributed by atoms with Crippen LogP contribution in [0.5, 0.6) is 5.75 Å². The van der Waals surface area contributed by atoms with Crippen LogP contribution in [-0.4, -0.2) is 30.7 Å². The Morgan fingerprint density at radius 1 is 0.800 bits per heavy atom. The SMILES string of the molecule is O=C(OCCOc1ccc(Cl)cc1Cl)c1cccc2c1C(=O)c1ccccc1C2=O. The van der Waals surface area contributed by atoms with Crippen molar-refractivity contribution in [3.63, 3.8) is 0 Å². The third kappa shape index (κ3) is 3.70. The second kappa shape index (κ2) is 8.30. The van der Waals surface area contributed by atoms with Crippen LogP contribution in [0.1, 0.15) is 42.2 Å². The van der Waals surface area contributed by atoms with E-state index in [1.165, 1.54) is 12.1 Å². The molecule has 3 aromatic carbocycles. The van der Waals surface area contributed by atoms with Crippen molar-refractivity contribution in [1.82, 2.24) is 0 Å². The normalized spacial score (nSPS) is 12.2. The molecule has 0 saturated carbocycles. The van der Waals surface area contributed by atoms with Gasteiger partial charge in [0.25, 0.3) is 0 Å². The fraction of sp³-hybridized carbons (Fsp3) is 0.0870. The Bertz CT molecular complexity index is 1190. The zero-order chi connectivity index (χ0) is 21.3. The number of ether oxygens (including phenoxy) is 2. The van der Waals surface area contributed by atoms with Crippen molar-refractivity contribution in [1.29, 1.82) is 0 Å². The molecule has 1 aliphatic rings. The maximum Gasteiger partial charge on any atom is 0.339 e. The van der Waals surface area contributed by atoms with E-state index in [4.69, 9.17) is 32.7 Å². The molecule has 0 unspecified atom stereocenters. The van der Waals surface area contributed by atoms with Crippen LogP contribution in [-0.2, 0) is 4.74 Å². The Labute approximate surface area is 182 Å². The van der Waals surface area contributed by atoms with Crippen LogP contribution in [0.15, 0.2) is 60.7 Å². The molecule has 0 spiro atoms. The minimum absolute atomic E-state index is 0.0462. The molecule has 5 nitrogen and oxygen atoms in total. The highest BCUT2D eigenvalue weighted by atomic mass is 35.5. The smallest absolute Gasteiger partial charge is 0.339 e. The van der Waals surface area contributed by atoms with E-state index in [0.717, 1.165) is 0 Å². The predicted molar refractivity (Wildman–Crippen MR) is 112 cm³/mol. The van der Waals surface area contributed by atoms with E-state index in [-0.39, 0.29) is 47.0 Å². The minimum atomic E-state index is -0.710. The van der Waals surface area contributed by atoms with Crippen LogP contribution in [0.4, 0.5) is 0 Å². The molecule has 0 saturated heterocycles. The number of ketones is 2. The van der Waals surface area contributed by atoms with Gasteiger partial charge in [-0.05, 0) is 24.3 Å². The van der Waals surface area contributed by atoms with Gasteiger partial charge in [-0.3, -0.25) is 9.59 Å². The molecule has 3 aromatic rings. The highest BCUT2D eigenvalue weighted by Crippen LogP contribution is 2.30. The van der Waals surface area contributed by atoms with E-state index in [2.05, 4.69) is 0 Å². The number of rotatable bonds is 5. The Morgan fingerprint density at radius 2 is 1.50 bits per heavy atom. The average molecular weight is 441 g/mol. The van der Waals surface area contributed by atoms with E-state index in [0.29, 0.717) is 21.4 Å². The lowest BCUT2D eigenvalue weighted by molar-refractivity contribution is 0.0448. The molecule has 0 heterocycles. The summed E-state index contributed by atoms with van der Waals surface area (Å²) in [4.78, 5) is 38.3. The first-order valence-electron chi connectivity index (χ1n) is 9.04. The first-order chi connectivity index (χ1) is 14.5. The molecule has 150 valence electrons. The molecule has 30 heavy (non-hydrogen) atoms. The number of hydrogen-bond donors (Lipinski definition) is 0. The largest absolute Gasteiger partial charge is 0.488 e. The molecule has 7 heteroatoms. The number of hydrogen-bond acceptors (Lipinski definition) is 5. The van der Waals surface area contributed by atoms with Gasteiger partial charge >= 0.3 is 5.97 Å². The van der Waals surface area contributed by atoms with Crippen molar-refractivity contribution >= 4 is 40.7 Å². The summed E-state index contributed by atoms with van der Waals surface area (Å²) in [5, 5.41) is 0.821. The number of fused-ring (bicyclic) bond motifs is 2. The minimum Gasteiger partial charge on any atom is -0.488 e. The summed E-state index contributed by atoms with van der Waals surface area (Å²) in [6, 6.07) is 15.9. The van der Waals surface area contributed by atoms with Gasteiger partial charge < -0.3 is 9.47 Å². The summed E-state index contributed by atoms with van der Waals surface area (Å²) < 4.78 is 10.7. The van der Waals surface area contributed by atoms with Crippen molar-refractivity contribution < 1.29 is 23.9 Å². The lowest BCUT2D eigenvalue weighted by Crippen LogP contribution is -2.24. The standard InChI is InChI=1S/C23H14Cl2O5/c24-13-8-9-19(18(25)12-13)29-10-11-30-23(28)17-7-3-6-16-20(17)22(27)15-5-2-1-4-14(15)21(16)26/h1-9,12H,10-11H2. The molecule has 0 amide bonds. The number of carbonyl (C=O) groups excluding carboxylic acids is 3. The number of benzene rings is 3. The average Bonchev–Trinajstić information content (AvgIpc) is 2.75. The molecule has 0 bridgehead atoms. The molecule has 1 aliphatic carbocycles. The highest BCUT2D eigenvalue weighted by molar-refractivity contribution is 6.35. The van der Waals surface area contributed by atoms with Crippen molar-refractivity contribution in [3.05, 3.63) is 98.5 Å². The van der Waals surface area contributed by atoms with Gasteiger partial charge in [-0.15, -0.1) is 0 Å². The maximum absolute atomic E-state index is 12.9. The molecule has 0 aliphatic heterocycles. The number of carbonyl (C=O) groups is 3. The van der Waals surface area contributed by atoms with Gasteiger partial charge in [0.05, 0.1) is 10.6 Å². The molecule has 0 N–H and O–H groups in total. The summed E-state index contributed by atoms with van der Waals surface area (Å²) in [7, 11) is 0. The third-order valence-electron chi connectivity index (χ3n) is 4.64. The quantitative estimate of drug-likeness (QED) is 0.322. The van der Waals surface area contributed by atoms with Crippen molar-refractivity contribution in [3.8, 4) is 5.75 Å². The van der Waals surface area contributed by atoms with E-state index < -0.39 is 5.97 Å². The Morgan fingerprint density at radius 3 is 2.23 bits per heavy atom. The first-order valence-corrected chi connectivity index (χ1v) is 9.79. The van der Waals surface area contributed by atoms with Crippen LogP contribution >= 0.6 is 23.2 Å². The Balaban J connectivity index is 1.49. The van der Waals surface area contributed by atoms with E-state index in [9.17, 15) is 14.4 Å². The predicted octanol–water partition coefficient (Wildman–Crippen LogP) is 5.00. The van der Waals surface area contributed by atoms with Gasteiger partial charge in [0.15, 0.2) is 11.6 Å². The monoisotopic (exact) mass is 440 g/mol. The first kappa shape index (κ1) is 20.1. The summed E-state index contributed by atoms with van der Waals surface area (Å²) in [5.74, 6) is -0.975. The van der Waals surface area contributed by atoms with Gasteiger partial charge in [-0.1, -0.05) is 59.6 Å². The van der Waals surface area contributed by atoms with E-state index in [1.807, 2.05) is 0 Å². The molecule has 0 aromatic heterocycles. The molecule has 4 rings (SSSR count). The van der Waals surface area contributed by atoms with Crippen LogP contribution in [0.3, 0.4) is 0 Å². The fourth-order valence-electron chi connectivity index (χ4n) is 3.27. The lowest BCUT2D eigenvalue weighted by atomic mass is 9.82. The molecule has 0 atom stereocenters. The van der Waals surface area contributed by atoms with Crippen LogP contribution in [0.25, 0.3) is 0 Å². The number of esters is 1. The summed E-state index contributed by atoms with van der Waals surface area (Å²) in [5.41, 5.74) is 0.903. The zero-order valence-electron chi connectivity index (χ0n) is 15.5. The van der Waals surface area contributed by atoms with Crippen molar-refractivity contribution in [2.45, 2.75) is 0 Å². The summed E-state index contributed by atoms with van der Waals surface area (Å²) in [6.07, 6.45) is 0. The second-order valence-electron chi connectivity index (χ2n) is 6.49. The fourth-order valence-corrected chi connectivity index (χ4v) is 3.73. The maximum atomic E-state index is 12.9. The van der Waals surface area contributed by atoms with Gasteiger partial charge in [0.2, 0.25) is 0 Å². The van der Waals surface area contributed by atoms with Gasteiger partial charge in [0, 0.05) is 27.3 Å². The van der Waals surface area contributed by atoms with Crippen molar-refractivity contribution in [2.75, 3.05) is 13.2 Å². The lowest BCUT2D eigenvalue weighted by Gasteiger charge is -2.19. The molecule has 0 radical (unpaired) electrons. The third-order valence-corrected chi connectivity index (χ3v) is 5.17. The van der Waals surface area contributed by atoms with Gasteiger partial charge in [-0.2, -0.15) is 0 Å². The highest BCUT2D eigenvalue weighted by Gasteiger charge is 2.33. The van der Waals surface area contributed by atoms with Crippen LogP contribution < -0.4 is 4.74 Å². The van der Waals surface area contributed by atoms with Gasteiger partial charge in [0.1, 0.15) is 19.0 Å². The Hall–Kier alpha value is -3.15. The van der Waals surface area contributed by atoms with Crippen molar-refractivity contribution in [2.24, 2.45) is 0 Å². The zero-order valence-corrected chi connectivity index (χ0v) is 17.0. The molecule has 0 fully saturated rings. The Kier molecular flexibility index (Phi) is 5.57. The van der Waals surface area contributed by atoms with E-state index in [1.54, 1.807) is 48.5 Å². The second-order valence-corrected chi connectivity index (χ2v) is 7.33. The summed E-state index contributed by atoms with van der Waals surface area (Å²) in [6.45, 7) is -0.0159. The van der Waals surface area contributed by atoms with Gasteiger partial charge in [-0.25, -0.2) is 4.79 Å². The van der Waals surface area contributed by atoms with Crippen LogP contribution in [0.2, 0.25) is 10.0 Å².